The summed E-state index contributed by atoms with van der Waals surface area (Å²) in [5.74, 6) is -0.739. The minimum Gasteiger partial charge on any atom is -0.354 e. The Morgan fingerprint density at radius 3 is 2.29 bits per heavy atom. The quantitative estimate of drug-likeness (QED) is 0.373. The molecule has 0 spiro atoms. The van der Waals surface area contributed by atoms with Gasteiger partial charge in [-0.2, -0.15) is 0 Å². The molecule has 0 saturated heterocycles. The van der Waals surface area contributed by atoms with Crippen molar-refractivity contribution in [1.82, 2.24) is 10.2 Å². The molecule has 0 radical (unpaired) electrons. The van der Waals surface area contributed by atoms with Crippen molar-refractivity contribution in [3.8, 4) is 0 Å². The summed E-state index contributed by atoms with van der Waals surface area (Å²) in [5, 5.41) is 2.87. The van der Waals surface area contributed by atoms with Crippen LogP contribution in [0.3, 0.4) is 0 Å². The molecule has 0 fully saturated rings. The fourth-order valence-corrected chi connectivity index (χ4v) is 4.66. The number of aryl methyl sites for hydroxylation is 1. The van der Waals surface area contributed by atoms with Crippen LogP contribution in [0.1, 0.15) is 37.8 Å². The van der Waals surface area contributed by atoms with Gasteiger partial charge in [-0.15, -0.1) is 0 Å². The van der Waals surface area contributed by atoms with Crippen molar-refractivity contribution < 1.29 is 18.0 Å². The second-order valence-corrected chi connectivity index (χ2v) is 11.8. The van der Waals surface area contributed by atoms with Crippen molar-refractivity contribution in [2.24, 2.45) is 0 Å². The summed E-state index contributed by atoms with van der Waals surface area (Å²) >= 11 is 6.81. The van der Waals surface area contributed by atoms with Crippen molar-refractivity contribution in [3.63, 3.8) is 0 Å². The first-order chi connectivity index (χ1) is 15.9. The van der Waals surface area contributed by atoms with Crippen molar-refractivity contribution in [1.29, 1.82) is 0 Å². The third-order valence-electron chi connectivity index (χ3n) is 5.37. The molecular weight excluding hydrogens is 586 g/mol. The average molecular weight is 617 g/mol. The summed E-state index contributed by atoms with van der Waals surface area (Å²) in [6, 6.07) is 11.8. The first-order valence-electron chi connectivity index (χ1n) is 11.0. The molecule has 2 rings (SSSR count). The zero-order valence-electron chi connectivity index (χ0n) is 19.8. The predicted octanol–water partition coefficient (Wildman–Crippen LogP) is 4.62. The summed E-state index contributed by atoms with van der Waals surface area (Å²) in [6.07, 6.45) is 2.84. The lowest BCUT2D eigenvalue weighted by Gasteiger charge is -2.31. The zero-order valence-corrected chi connectivity index (χ0v) is 23.8. The van der Waals surface area contributed by atoms with Crippen LogP contribution >= 0.6 is 31.9 Å². The number of nitrogens with one attached hydrogen (secondary N) is 1. The van der Waals surface area contributed by atoms with Crippen molar-refractivity contribution in [2.45, 2.75) is 46.2 Å². The molecule has 0 heterocycles. The monoisotopic (exact) mass is 615 g/mol. The van der Waals surface area contributed by atoms with E-state index in [1.807, 2.05) is 38.1 Å². The van der Waals surface area contributed by atoms with Crippen LogP contribution in [0.2, 0.25) is 0 Å². The summed E-state index contributed by atoms with van der Waals surface area (Å²) in [5.41, 5.74) is 2.06. The van der Waals surface area contributed by atoms with E-state index in [4.69, 9.17) is 0 Å². The summed E-state index contributed by atoms with van der Waals surface area (Å²) < 4.78 is 28.0. The van der Waals surface area contributed by atoms with Gasteiger partial charge in [-0.25, -0.2) is 8.42 Å². The molecule has 7 nitrogen and oxygen atoms in total. The van der Waals surface area contributed by atoms with Gasteiger partial charge >= 0.3 is 0 Å². The molecule has 1 N–H and O–H groups in total. The Hall–Kier alpha value is -1.91. The summed E-state index contributed by atoms with van der Waals surface area (Å²) in [4.78, 5) is 27.7. The molecule has 0 aliphatic heterocycles. The first-order valence-corrected chi connectivity index (χ1v) is 14.4. The average Bonchev–Trinajstić information content (AvgIpc) is 2.77. The maximum absolute atomic E-state index is 13.5. The number of carbonyl (C=O) groups is 2. The molecule has 0 unspecified atom stereocenters. The topological polar surface area (TPSA) is 86.8 Å². The molecule has 0 aliphatic carbocycles. The zero-order chi connectivity index (χ0) is 25.5. The van der Waals surface area contributed by atoms with Crippen LogP contribution in [0.5, 0.6) is 0 Å². The summed E-state index contributed by atoms with van der Waals surface area (Å²) in [6.45, 7) is 5.82. The molecular formula is C24H31Br2N3O4S. The number of hydrogen-bond acceptors (Lipinski definition) is 4. The third kappa shape index (κ3) is 8.09. The third-order valence-corrected chi connectivity index (χ3v) is 7.93. The standard InChI is InChI=1S/C24H31Br2N3O4S/c1-5-6-13-27-24(31)18(3)28(15-19-7-9-20(25)10-8-19)23(30)16-29(34(4,32)33)21-11-12-22(26)17(2)14-21/h7-12,14,18H,5-6,13,15-16H2,1-4H3,(H,27,31)/t18-/m0/s1. The van der Waals surface area contributed by atoms with Gasteiger partial charge in [0.2, 0.25) is 21.8 Å². The van der Waals surface area contributed by atoms with Gasteiger partial charge in [0.25, 0.3) is 0 Å². The van der Waals surface area contributed by atoms with Crippen molar-refractivity contribution in [2.75, 3.05) is 23.7 Å². The maximum atomic E-state index is 13.5. The molecule has 2 aromatic carbocycles. The van der Waals surface area contributed by atoms with Gasteiger partial charge in [0.05, 0.1) is 11.9 Å². The lowest BCUT2D eigenvalue weighted by Crippen LogP contribution is -2.51. The van der Waals surface area contributed by atoms with Crippen LogP contribution in [0.15, 0.2) is 51.4 Å². The Morgan fingerprint density at radius 1 is 1.09 bits per heavy atom. The highest BCUT2D eigenvalue weighted by Gasteiger charge is 2.30. The molecule has 2 aromatic rings. The van der Waals surface area contributed by atoms with Crippen LogP contribution in [0.25, 0.3) is 0 Å². The Kier molecular flexibility index (Phi) is 10.6. The first kappa shape index (κ1) is 28.3. The molecule has 0 aliphatic rings. The lowest BCUT2D eigenvalue weighted by molar-refractivity contribution is -0.139. The highest BCUT2D eigenvalue weighted by Crippen LogP contribution is 2.25. The minimum atomic E-state index is -3.75. The number of rotatable bonds is 11. The lowest BCUT2D eigenvalue weighted by atomic mass is 10.1. The predicted molar refractivity (Wildman–Crippen MR) is 143 cm³/mol. The van der Waals surface area contributed by atoms with E-state index in [1.165, 1.54) is 4.90 Å². The number of benzene rings is 2. The highest BCUT2D eigenvalue weighted by atomic mass is 79.9. The van der Waals surface area contributed by atoms with Crippen molar-refractivity contribution >= 4 is 59.4 Å². The van der Waals surface area contributed by atoms with Gasteiger partial charge < -0.3 is 10.2 Å². The van der Waals surface area contributed by atoms with Crippen LogP contribution in [-0.2, 0) is 26.2 Å². The number of carbonyl (C=O) groups excluding carboxylic acids is 2. The fraction of sp³-hybridized carbons (Fsp3) is 0.417. The SMILES string of the molecule is CCCCNC(=O)[C@H](C)N(Cc1ccc(Br)cc1)C(=O)CN(c1ccc(Br)c(C)c1)S(C)(=O)=O. The van der Waals surface area contributed by atoms with E-state index in [0.717, 1.165) is 43.5 Å². The van der Waals surface area contributed by atoms with E-state index in [9.17, 15) is 18.0 Å². The van der Waals surface area contributed by atoms with Gasteiger partial charge in [0.15, 0.2) is 0 Å². The normalized spacial score (nSPS) is 12.2. The van der Waals surface area contributed by atoms with Crippen molar-refractivity contribution in [3.05, 3.63) is 62.5 Å². The number of nitrogens with zero attached hydrogens (tertiary/aromatic N) is 2. The van der Waals surface area contributed by atoms with E-state index < -0.39 is 28.5 Å². The van der Waals surface area contributed by atoms with Crippen LogP contribution in [0.4, 0.5) is 5.69 Å². The van der Waals surface area contributed by atoms with Crippen LogP contribution in [0, 0.1) is 6.92 Å². The van der Waals surface area contributed by atoms with Gasteiger partial charge in [0, 0.05) is 22.0 Å². The molecule has 0 aromatic heterocycles. The van der Waals surface area contributed by atoms with Gasteiger partial charge in [-0.05, 0) is 61.7 Å². The number of unbranched alkanes of at least 4 members (excludes halogenated alkanes) is 1. The van der Waals surface area contributed by atoms with Crippen LogP contribution < -0.4 is 9.62 Å². The van der Waals surface area contributed by atoms with Gasteiger partial charge in [-0.1, -0.05) is 57.3 Å². The summed E-state index contributed by atoms with van der Waals surface area (Å²) in [7, 11) is -3.75. The van der Waals surface area contributed by atoms with E-state index in [-0.39, 0.29) is 12.5 Å². The Morgan fingerprint density at radius 2 is 1.74 bits per heavy atom. The molecule has 1 atom stereocenters. The number of anilines is 1. The highest BCUT2D eigenvalue weighted by molar-refractivity contribution is 9.10. The van der Waals surface area contributed by atoms with E-state index >= 15 is 0 Å². The Balaban J connectivity index is 2.35. The van der Waals surface area contributed by atoms with Crippen LogP contribution in [-0.4, -0.2) is 50.5 Å². The number of sulfonamides is 1. The second-order valence-electron chi connectivity index (χ2n) is 8.17. The van der Waals surface area contributed by atoms with E-state index in [2.05, 4.69) is 37.2 Å². The molecule has 10 heteroatoms. The number of halogens is 2. The smallest absolute Gasteiger partial charge is 0.244 e. The molecule has 34 heavy (non-hydrogen) atoms. The minimum absolute atomic E-state index is 0.172. The molecule has 2 amide bonds. The maximum Gasteiger partial charge on any atom is 0.244 e. The molecule has 186 valence electrons. The van der Waals surface area contributed by atoms with E-state index in [0.29, 0.717) is 12.2 Å². The van der Waals surface area contributed by atoms with Gasteiger partial charge in [-0.3, -0.25) is 13.9 Å². The Labute approximate surface area is 219 Å². The number of hydrogen-bond donors (Lipinski definition) is 1. The van der Waals surface area contributed by atoms with Gasteiger partial charge in [0.1, 0.15) is 12.6 Å². The fourth-order valence-electron chi connectivity index (χ4n) is 3.30. The number of amides is 2. The second kappa shape index (κ2) is 12.7. The molecule has 0 saturated carbocycles. The largest absolute Gasteiger partial charge is 0.354 e. The van der Waals surface area contributed by atoms with E-state index in [1.54, 1.807) is 25.1 Å². The molecule has 0 bridgehead atoms. The Bertz CT molecular complexity index is 1110.